The molecule has 148 valence electrons. The lowest BCUT2D eigenvalue weighted by Crippen LogP contribution is -2.42. The van der Waals surface area contributed by atoms with E-state index in [1.54, 1.807) is 7.05 Å². The van der Waals surface area contributed by atoms with Crippen molar-refractivity contribution >= 4 is 41.5 Å². The van der Waals surface area contributed by atoms with Gasteiger partial charge in [0, 0.05) is 32.3 Å². The minimum atomic E-state index is 0. The fourth-order valence-corrected chi connectivity index (χ4v) is 3.27. The van der Waals surface area contributed by atoms with E-state index < -0.39 is 0 Å². The first-order chi connectivity index (χ1) is 12.8. The van der Waals surface area contributed by atoms with Gasteiger partial charge in [0.05, 0.1) is 6.54 Å². The van der Waals surface area contributed by atoms with Crippen LogP contribution in [-0.4, -0.2) is 46.6 Å². The third-order valence-corrected chi connectivity index (χ3v) is 4.71. The highest BCUT2D eigenvalue weighted by molar-refractivity contribution is 14.0. The number of fused-ring (bicyclic) bond motifs is 1. The molecular formula is C18H28IN7O. The smallest absolute Gasteiger partial charge is 0.223 e. The number of pyridine rings is 1. The van der Waals surface area contributed by atoms with E-state index in [2.05, 4.69) is 31.1 Å². The molecule has 8 nitrogen and oxygen atoms in total. The molecule has 2 heterocycles. The molecule has 2 aromatic rings. The third kappa shape index (κ3) is 6.05. The number of carbonyl (C=O) groups excluding carboxylic acids is 1. The maximum absolute atomic E-state index is 12.1. The Morgan fingerprint density at radius 1 is 1.15 bits per heavy atom. The Kier molecular flexibility index (Phi) is 8.76. The van der Waals surface area contributed by atoms with E-state index in [0.29, 0.717) is 25.6 Å². The zero-order chi connectivity index (χ0) is 18.2. The average molecular weight is 485 g/mol. The minimum absolute atomic E-state index is 0. The van der Waals surface area contributed by atoms with Crippen molar-refractivity contribution in [1.82, 2.24) is 30.5 Å². The minimum Gasteiger partial charge on any atom is -0.355 e. The summed E-state index contributed by atoms with van der Waals surface area (Å²) in [5, 5.41) is 17.7. The molecule has 3 N–H and O–H groups in total. The number of aromatic nitrogens is 3. The number of aliphatic imine (C=N–C) groups is 1. The fraction of sp³-hybridized carbons (Fsp3) is 0.556. The summed E-state index contributed by atoms with van der Waals surface area (Å²) < 4.78 is 1.94. The molecule has 1 aliphatic carbocycles. The van der Waals surface area contributed by atoms with E-state index in [-0.39, 0.29) is 35.8 Å². The largest absolute Gasteiger partial charge is 0.355 e. The molecule has 0 aliphatic heterocycles. The number of rotatable bonds is 6. The molecule has 1 amide bonds. The Bertz CT molecular complexity index is 755. The van der Waals surface area contributed by atoms with Crippen LogP contribution in [0.4, 0.5) is 0 Å². The second-order valence-corrected chi connectivity index (χ2v) is 6.52. The van der Waals surface area contributed by atoms with Crippen molar-refractivity contribution in [1.29, 1.82) is 0 Å². The number of carbonyl (C=O) groups is 1. The Hall–Kier alpha value is -1.91. The number of nitrogens with zero attached hydrogens (tertiary/aromatic N) is 4. The number of halogens is 1. The maximum atomic E-state index is 12.1. The van der Waals surface area contributed by atoms with Crippen LogP contribution in [0.5, 0.6) is 0 Å². The van der Waals surface area contributed by atoms with Crippen molar-refractivity contribution in [3.63, 3.8) is 0 Å². The molecule has 1 fully saturated rings. The Balaban J connectivity index is 0.00000261. The summed E-state index contributed by atoms with van der Waals surface area (Å²) in [5.41, 5.74) is 0.817. The molecule has 0 spiro atoms. The zero-order valence-corrected chi connectivity index (χ0v) is 18.0. The third-order valence-electron chi connectivity index (χ3n) is 4.71. The summed E-state index contributed by atoms with van der Waals surface area (Å²) in [4.78, 5) is 16.3. The highest BCUT2D eigenvalue weighted by Crippen LogP contribution is 2.23. The van der Waals surface area contributed by atoms with Crippen molar-refractivity contribution in [2.75, 3.05) is 20.1 Å². The molecule has 27 heavy (non-hydrogen) atoms. The number of nitrogens with one attached hydrogen (secondary N) is 3. The number of amides is 1. The SMILES string of the molecule is CN=C(NCCNC(=O)C1CCCCC1)NCc1nnc2ccccn12.I. The summed E-state index contributed by atoms with van der Waals surface area (Å²) in [6.07, 6.45) is 7.58. The molecule has 0 bridgehead atoms. The van der Waals surface area contributed by atoms with Gasteiger partial charge in [-0.3, -0.25) is 14.2 Å². The maximum Gasteiger partial charge on any atom is 0.223 e. The van der Waals surface area contributed by atoms with Gasteiger partial charge in [0.15, 0.2) is 17.4 Å². The molecule has 0 radical (unpaired) electrons. The average Bonchev–Trinajstić information content (AvgIpc) is 3.11. The topological polar surface area (TPSA) is 95.7 Å². The van der Waals surface area contributed by atoms with Crippen LogP contribution in [0, 0.1) is 5.92 Å². The number of guanidine groups is 1. The van der Waals surface area contributed by atoms with Crippen LogP contribution in [-0.2, 0) is 11.3 Å². The second-order valence-electron chi connectivity index (χ2n) is 6.52. The van der Waals surface area contributed by atoms with Crippen LogP contribution in [0.25, 0.3) is 5.65 Å². The zero-order valence-electron chi connectivity index (χ0n) is 15.6. The summed E-state index contributed by atoms with van der Waals surface area (Å²) in [7, 11) is 1.72. The Morgan fingerprint density at radius 3 is 2.70 bits per heavy atom. The molecule has 0 saturated heterocycles. The number of hydrogen-bond donors (Lipinski definition) is 3. The van der Waals surface area contributed by atoms with Gasteiger partial charge in [0.25, 0.3) is 0 Å². The van der Waals surface area contributed by atoms with Gasteiger partial charge in [0.1, 0.15) is 0 Å². The van der Waals surface area contributed by atoms with Gasteiger partial charge in [0.2, 0.25) is 5.91 Å². The fourth-order valence-electron chi connectivity index (χ4n) is 3.27. The van der Waals surface area contributed by atoms with E-state index >= 15 is 0 Å². The normalized spacial score (nSPS) is 15.2. The molecule has 3 rings (SSSR count). The van der Waals surface area contributed by atoms with Gasteiger partial charge < -0.3 is 16.0 Å². The van der Waals surface area contributed by atoms with Gasteiger partial charge in [-0.1, -0.05) is 25.3 Å². The molecule has 2 aromatic heterocycles. The van der Waals surface area contributed by atoms with Crippen LogP contribution >= 0.6 is 24.0 Å². The van der Waals surface area contributed by atoms with E-state index in [1.807, 2.05) is 28.8 Å². The van der Waals surface area contributed by atoms with Crippen LogP contribution in [0.1, 0.15) is 37.9 Å². The van der Waals surface area contributed by atoms with Crippen molar-refractivity contribution in [2.24, 2.45) is 10.9 Å². The molecule has 0 atom stereocenters. The molecule has 0 aromatic carbocycles. The predicted molar refractivity (Wildman–Crippen MR) is 116 cm³/mol. The monoisotopic (exact) mass is 485 g/mol. The Morgan fingerprint density at radius 2 is 1.93 bits per heavy atom. The summed E-state index contributed by atoms with van der Waals surface area (Å²) >= 11 is 0. The Labute approximate surface area is 176 Å². The van der Waals surface area contributed by atoms with E-state index in [4.69, 9.17) is 0 Å². The van der Waals surface area contributed by atoms with Gasteiger partial charge in [-0.15, -0.1) is 34.2 Å². The van der Waals surface area contributed by atoms with Gasteiger partial charge in [-0.25, -0.2) is 0 Å². The van der Waals surface area contributed by atoms with E-state index in [9.17, 15) is 4.79 Å². The summed E-state index contributed by atoms with van der Waals surface area (Å²) in [6, 6.07) is 5.80. The number of hydrogen-bond acceptors (Lipinski definition) is 4. The summed E-state index contributed by atoms with van der Waals surface area (Å²) in [5.74, 6) is 1.87. The van der Waals surface area contributed by atoms with Crippen LogP contribution < -0.4 is 16.0 Å². The first-order valence-electron chi connectivity index (χ1n) is 9.29. The van der Waals surface area contributed by atoms with Crippen molar-refractivity contribution in [2.45, 2.75) is 38.6 Å². The lowest BCUT2D eigenvalue weighted by molar-refractivity contribution is -0.125. The molecule has 9 heteroatoms. The lowest BCUT2D eigenvalue weighted by atomic mass is 9.89. The highest BCUT2D eigenvalue weighted by atomic mass is 127. The van der Waals surface area contributed by atoms with Crippen molar-refractivity contribution < 1.29 is 4.79 Å². The summed E-state index contributed by atoms with van der Waals surface area (Å²) in [6.45, 7) is 1.72. The predicted octanol–water partition coefficient (Wildman–Crippen LogP) is 1.71. The quantitative estimate of drug-likeness (QED) is 0.251. The second kappa shape index (κ2) is 11.1. The van der Waals surface area contributed by atoms with Gasteiger partial charge in [-0.2, -0.15) is 0 Å². The van der Waals surface area contributed by atoms with Crippen LogP contribution in [0.15, 0.2) is 29.4 Å². The van der Waals surface area contributed by atoms with Crippen molar-refractivity contribution in [3.8, 4) is 0 Å². The standard InChI is InChI=1S/C18H27N7O.HI/c1-19-18(21-11-10-20-17(26)14-7-3-2-4-8-14)22-13-16-24-23-15-9-5-6-12-25(15)16;/h5-6,9,12,14H,2-4,7-8,10-11,13H2,1H3,(H,20,26)(H2,19,21,22);1H. The molecule has 1 aliphatic rings. The first-order valence-corrected chi connectivity index (χ1v) is 9.29. The van der Waals surface area contributed by atoms with Gasteiger partial charge >= 0.3 is 0 Å². The van der Waals surface area contributed by atoms with Gasteiger partial charge in [-0.05, 0) is 25.0 Å². The van der Waals surface area contributed by atoms with Crippen LogP contribution in [0.2, 0.25) is 0 Å². The van der Waals surface area contributed by atoms with Crippen LogP contribution in [0.3, 0.4) is 0 Å². The molecule has 1 saturated carbocycles. The first kappa shape index (κ1) is 21.4. The van der Waals surface area contributed by atoms with Crippen molar-refractivity contribution in [3.05, 3.63) is 30.2 Å². The highest BCUT2D eigenvalue weighted by Gasteiger charge is 2.20. The van der Waals surface area contributed by atoms with E-state index in [1.165, 1.54) is 19.3 Å². The molecular weight excluding hydrogens is 457 g/mol. The lowest BCUT2D eigenvalue weighted by Gasteiger charge is -2.20. The van der Waals surface area contributed by atoms with E-state index in [0.717, 1.165) is 24.3 Å². The molecule has 0 unspecified atom stereocenters.